The summed E-state index contributed by atoms with van der Waals surface area (Å²) in [5, 5.41) is 12.7. The highest BCUT2D eigenvalue weighted by atomic mass is 32.2. The Morgan fingerprint density at radius 3 is 2.08 bits per heavy atom. The van der Waals surface area contributed by atoms with Crippen LogP contribution >= 0.6 is 11.3 Å². The number of hydrogen-bond donors (Lipinski definition) is 3. The van der Waals surface area contributed by atoms with Gasteiger partial charge in [0, 0.05) is 24.5 Å². The van der Waals surface area contributed by atoms with E-state index in [0.717, 1.165) is 41.8 Å². The second-order valence-corrected chi connectivity index (χ2v) is 11.6. The van der Waals surface area contributed by atoms with E-state index in [1.807, 2.05) is 49.4 Å². The first kappa shape index (κ1) is 31.0. The van der Waals surface area contributed by atoms with Crippen molar-refractivity contribution in [1.29, 1.82) is 0 Å². The maximum Gasteiger partial charge on any atom is 0.490 e. The topological polar surface area (TPSA) is 95.5 Å². The molecule has 0 radical (unpaired) electrons. The van der Waals surface area contributed by atoms with Crippen LogP contribution in [-0.4, -0.2) is 32.2 Å². The molecule has 11 heteroatoms. The molecule has 3 N–H and O–H groups in total. The molecule has 0 aliphatic rings. The van der Waals surface area contributed by atoms with Crippen molar-refractivity contribution in [2.24, 2.45) is 0 Å². The summed E-state index contributed by atoms with van der Waals surface area (Å²) in [4.78, 5) is 10.6. The molecule has 0 bridgehead atoms. The van der Waals surface area contributed by atoms with E-state index in [1.54, 1.807) is 17.4 Å². The fraction of sp³-hybridized carbons (Fsp3) is 0.207. The summed E-state index contributed by atoms with van der Waals surface area (Å²) in [6.07, 6.45) is -4.04. The van der Waals surface area contributed by atoms with Crippen LogP contribution in [0.2, 0.25) is 0 Å². The van der Waals surface area contributed by atoms with Gasteiger partial charge in [-0.05, 0) is 58.7 Å². The molecule has 1 aromatic heterocycles. The quantitative estimate of drug-likeness (QED) is 0.192. The maximum absolute atomic E-state index is 12.8. The number of hydrogen-bond acceptors (Lipinski definition) is 5. The van der Waals surface area contributed by atoms with Crippen LogP contribution in [0, 0.1) is 6.92 Å². The number of sulfonamides is 1. The lowest BCUT2D eigenvalue weighted by Gasteiger charge is -2.12. The molecule has 0 aliphatic heterocycles. The van der Waals surface area contributed by atoms with Crippen molar-refractivity contribution >= 4 is 27.3 Å². The van der Waals surface area contributed by atoms with E-state index >= 15 is 0 Å². The zero-order chi connectivity index (χ0) is 29.2. The zero-order valence-electron chi connectivity index (χ0n) is 21.6. The van der Waals surface area contributed by atoms with Crippen LogP contribution in [0.4, 0.5) is 13.2 Å². The second-order valence-electron chi connectivity index (χ2n) is 8.80. The fourth-order valence-electron chi connectivity index (χ4n) is 3.70. The van der Waals surface area contributed by atoms with Crippen molar-refractivity contribution in [3.63, 3.8) is 0 Å². The normalized spacial score (nSPS) is 11.5. The van der Waals surface area contributed by atoms with E-state index in [0.29, 0.717) is 4.90 Å². The monoisotopic (exact) mass is 590 g/mol. The average Bonchev–Trinajstić information content (AvgIpc) is 3.44. The number of carbonyl (C=O) groups is 1. The molecule has 0 aliphatic carbocycles. The Balaban J connectivity index is 0.000000559. The number of aliphatic carboxylic acids is 1. The number of rotatable bonds is 10. The minimum absolute atomic E-state index is 0.271. The predicted molar refractivity (Wildman–Crippen MR) is 151 cm³/mol. The number of nitrogens with one attached hydrogen (secondary N) is 2. The first-order chi connectivity index (χ1) is 19.0. The summed E-state index contributed by atoms with van der Waals surface area (Å²) in [6, 6.07) is 27.7. The van der Waals surface area contributed by atoms with Gasteiger partial charge in [-0.25, -0.2) is 17.9 Å². The molecule has 3 aromatic carbocycles. The van der Waals surface area contributed by atoms with Crippen LogP contribution in [0.15, 0.2) is 95.2 Å². The highest BCUT2D eigenvalue weighted by Gasteiger charge is 2.38. The van der Waals surface area contributed by atoms with Crippen LogP contribution < -0.4 is 10.0 Å². The number of thiophene rings is 1. The summed E-state index contributed by atoms with van der Waals surface area (Å²) in [6.45, 7) is 3.89. The molecule has 0 atom stereocenters. The van der Waals surface area contributed by atoms with Gasteiger partial charge in [0.2, 0.25) is 10.0 Å². The van der Waals surface area contributed by atoms with E-state index < -0.39 is 22.2 Å². The van der Waals surface area contributed by atoms with Crippen LogP contribution in [0.25, 0.3) is 11.1 Å². The van der Waals surface area contributed by atoms with Gasteiger partial charge in [-0.3, -0.25) is 0 Å². The van der Waals surface area contributed by atoms with E-state index in [-0.39, 0.29) is 6.54 Å². The minimum Gasteiger partial charge on any atom is -0.475 e. The van der Waals surface area contributed by atoms with Gasteiger partial charge in [-0.15, -0.1) is 11.3 Å². The smallest absolute Gasteiger partial charge is 0.475 e. The maximum atomic E-state index is 12.8. The van der Waals surface area contributed by atoms with Crippen molar-refractivity contribution in [2.45, 2.75) is 37.5 Å². The molecule has 0 saturated heterocycles. The largest absolute Gasteiger partial charge is 0.490 e. The molecule has 40 heavy (non-hydrogen) atoms. The number of alkyl halides is 3. The van der Waals surface area contributed by atoms with Crippen molar-refractivity contribution in [2.75, 3.05) is 6.54 Å². The third kappa shape index (κ3) is 9.60. The Kier molecular flexibility index (Phi) is 11.0. The molecule has 0 saturated carbocycles. The first-order valence-corrected chi connectivity index (χ1v) is 14.6. The van der Waals surface area contributed by atoms with Crippen LogP contribution in [0.5, 0.6) is 0 Å². The van der Waals surface area contributed by atoms with E-state index in [4.69, 9.17) is 9.90 Å². The molecular weight excluding hydrogens is 561 g/mol. The first-order valence-electron chi connectivity index (χ1n) is 12.2. The van der Waals surface area contributed by atoms with Gasteiger partial charge in [0.1, 0.15) is 0 Å². The number of halogens is 3. The molecule has 4 aromatic rings. The third-order valence-electron chi connectivity index (χ3n) is 5.76. The Labute approximate surface area is 235 Å². The number of carboxylic acids is 1. The SMILES string of the molecule is Cc1cc(-c2ccc(CNCCc3cccs3)cc2)ccc1S(=O)(=O)NCc1ccccc1.O=C(O)C(F)(F)F. The van der Waals surface area contributed by atoms with Crippen LogP contribution in [0.3, 0.4) is 0 Å². The summed E-state index contributed by atoms with van der Waals surface area (Å²) in [5.41, 5.74) is 4.96. The van der Waals surface area contributed by atoms with Gasteiger partial charge >= 0.3 is 12.1 Å². The summed E-state index contributed by atoms with van der Waals surface area (Å²) < 4.78 is 60.0. The summed E-state index contributed by atoms with van der Waals surface area (Å²) in [7, 11) is -3.58. The molecular formula is C29H29F3N2O4S2. The Morgan fingerprint density at radius 2 is 1.50 bits per heavy atom. The Hall–Kier alpha value is -3.51. The van der Waals surface area contributed by atoms with Crippen molar-refractivity contribution in [3.8, 4) is 11.1 Å². The highest BCUT2D eigenvalue weighted by Crippen LogP contribution is 2.25. The van der Waals surface area contributed by atoms with Crippen molar-refractivity contribution in [1.82, 2.24) is 10.0 Å². The van der Waals surface area contributed by atoms with Gasteiger partial charge < -0.3 is 10.4 Å². The Morgan fingerprint density at radius 1 is 0.875 bits per heavy atom. The second kappa shape index (κ2) is 14.2. The predicted octanol–water partition coefficient (Wildman–Crippen LogP) is 6.17. The zero-order valence-corrected chi connectivity index (χ0v) is 23.2. The van der Waals surface area contributed by atoms with Gasteiger partial charge in [-0.2, -0.15) is 13.2 Å². The van der Waals surface area contributed by atoms with Gasteiger partial charge in [-0.1, -0.05) is 72.8 Å². The standard InChI is InChI=1S/C27H28N2O2S2.C2HF3O2/c1-21-18-25(13-14-27(21)33(30,31)29-20-22-6-3-2-4-7-22)24-11-9-23(10-12-24)19-28-16-15-26-8-5-17-32-26;3-2(4,5)1(6)7/h2-14,17-18,28-29H,15-16,19-20H2,1H3;(H,6,7). The molecule has 0 fully saturated rings. The van der Waals surface area contributed by atoms with Gasteiger partial charge in [0.05, 0.1) is 4.90 Å². The lowest BCUT2D eigenvalue weighted by Crippen LogP contribution is -2.24. The summed E-state index contributed by atoms with van der Waals surface area (Å²) >= 11 is 1.79. The molecule has 6 nitrogen and oxygen atoms in total. The highest BCUT2D eigenvalue weighted by molar-refractivity contribution is 7.89. The fourth-order valence-corrected chi connectivity index (χ4v) is 5.65. The van der Waals surface area contributed by atoms with E-state index in [9.17, 15) is 21.6 Å². The minimum atomic E-state index is -5.08. The molecule has 0 unspecified atom stereocenters. The number of carboxylic acid groups (broad SMARTS) is 1. The molecule has 0 spiro atoms. The number of aryl methyl sites for hydroxylation is 1. The molecule has 0 amide bonds. The third-order valence-corrected chi connectivity index (χ3v) is 8.26. The lowest BCUT2D eigenvalue weighted by molar-refractivity contribution is -0.192. The molecule has 212 valence electrons. The van der Waals surface area contributed by atoms with E-state index in [2.05, 4.69) is 51.8 Å². The average molecular weight is 591 g/mol. The van der Waals surface area contributed by atoms with Crippen LogP contribution in [0.1, 0.15) is 21.6 Å². The Bertz CT molecular complexity index is 1470. The molecule has 1 heterocycles. The van der Waals surface area contributed by atoms with Crippen LogP contribution in [-0.2, 0) is 34.3 Å². The summed E-state index contributed by atoms with van der Waals surface area (Å²) in [5.74, 6) is -2.76. The molecule has 4 rings (SSSR count). The van der Waals surface area contributed by atoms with Gasteiger partial charge in [0.25, 0.3) is 0 Å². The van der Waals surface area contributed by atoms with Gasteiger partial charge in [0.15, 0.2) is 0 Å². The van der Waals surface area contributed by atoms with Crippen molar-refractivity contribution < 1.29 is 31.5 Å². The number of benzene rings is 3. The lowest BCUT2D eigenvalue weighted by atomic mass is 10.0. The van der Waals surface area contributed by atoms with Crippen molar-refractivity contribution in [3.05, 3.63) is 112 Å². The van der Waals surface area contributed by atoms with E-state index in [1.165, 1.54) is 10.4 Å².